The molecule has 0 saturated carbocycles. The molecule has 17 heavy (non-hydrogen) atoms. The highest BCUT2D eigenvalue weighted by Crippen LogP contribution is 2.26. The van der Waals surface area contributed by atoms with Crippen molar-refractivity contribution in [2.75, 3.05) is 0 Å². The Morgan fingerprint density at radius 1 is 1.06 bits per heavy atom. The standard InChI is InChI=1S/C10H6F3NO2S/c11-10(12,13)16-8-3-1-7(2-4-8)15-9-5-17-6-14-9/h1-6H. The van der Waals surface area contributed by atoms with E-state index >= 15 is 0 Å². The fourth-order valence-corrected chi connectivity index (χ4v) is 1.53. The summed E-state index contributed by atoms with van der Waals surface area (Å²) in [5.74, 6) is 0.507. The van der Waals surface area contributed by atoms with Crippen molar-refractivity contribution in [1.82, 2.24) is 4.98 Å². The van der Waals surface area contributed by atoms with Crippen molar-refractivity contribution in [2.24, 2.45) is 0 Å². The van der Waals surface area contributed by atoms with Gasteiger partial charge in [0.25, 0.3) is 0 Å². The Bertz CT molecular complexity index is 467. The molecule has 0 spiro atoms. The van der Waals surface area contributed by atoms with Crippen LogP contribution >= 0.6 is 11.3 Å². The van der Waals surface area contributed by atoms with Gasteiger partial charge in [0, 0.05) is 0 Å². The van der Waals surface area contributed by atoms with Crippen LogP contribution in [0.25, 0.3) is 0 Å². The maximum atomic E-state index is 11.9. The van der Waals surface area contributed by atoms with Crippen LogP contribution in [-0.4, -0.2) is 11.3 Å². The molecule has 0 aliphatic carbocycles. The summed E-state index contributed by atoms with van der Waals surface area (Å²) in [7, 11) is 0. The molecule has 0 radical (unpaired) electrons. The Balaban J connectivity index is 2.03. The van der Waals surface area contributed by atoms with Gasteiger partial charge in [-0.15, -0.1) is 24.5 Å². The highest BCUT2D eigenvalue weighted by Gasteiger charge is 2.30. The fourth-order valence-electron chi connectivity index (χ4n) is 1.08. The number of rotatable bonds is 3. The van der Waals surface area contributed by atoms with E-state index in [0.29, 0.717) is 11.6 Å². The average molecular weight is 261 g/mol. The molecule has 0 aliphatic heterocycles. The second-order valence-corrected chi connectivity index (χ2v) is 3.67. The molecule has 7 heteroatoms. The van der Waals surface area contributed by atoms with Crippen molar-refractivity contribution in [3.05, 3.63) is 35.2 Å². The van der Waals surface area contributed by atoms with Crippen LogP contribution in [0, 0.1) is 0 Å². The minimum Gasteiger partial charge on any atom is -0.438 e. The van der Waals surface area contributed by atoms with E-state index in [1.807, 2.05) is 0 Å². The summed E-state index contributed by atoms with van der Waals surface area (Å²) >= 11 is 1.36. The van der Waals surface area contributed by atoms with Crippen molar-refractivity contribution in [2.45, 2.75) is 6.36 Å². The van der Waals surface area contributed by atoms with Gasteiger partial charge in [0.05, 0.1) is 10.9 Å². The number of thiazole rings is 1. The summed E-state index contributed by atoms with van der Waals surface area (Å²) in [5.41, 5.74) is 1.59. The second-order valence-electron chi connectivity index (χ2n) is 2.95. The summed E-state index contributed by atoms with van der Waals surface area (Å²) in [4.78, 5) is 3.88. The van der Waals surface area contributed by atoms with Crippen molar-refractivity contribution in [3.8, 4) is 17.4 Å². The average Bonchev–Trinajstić information content (AvgIpc) is 2.71. The van der Waals surface area contributed by atoms with Gasteiger partial charge in [-0.3, -0.25) is 0 Å². The van der Waals surface area contributed by atoms with E-state index in [0.717, 1.165) is 0 Å². The van der Waals surface area contributed by atoms with Crippen molar-refractivity contribution < 1.29 is 22.6 Å². The van der Waals surface area contributed by atoms with E-state index in [-0.39, 0.29) is 5.75 Å². The van der Waals surface area contributed by atoms with Crippen LogP contribution in [0.1, 0.15) is 0 Å². The van der Waals surface area contributed by atoms with Crippen LogP contribution in [0.5, 0.6) is 17.4 Å². The van der Waals surface area contributed by atoms with Crippen LogP contribution < -0.4 is 9.47 Å². The summed E-state index contributed by atoms with van der Waals surface area (Å²) < 4.78 is 44.6. The van der Waals surface area contributed by atoms with Gasteiger partial charge in [0.2, 0.25) is 5.88 Å². The molecule has 2 rings (SSSR count). The minimum atomic E-state index is -4.68. The van der Waals surface area contributed by atoms with Crippen LogP contribution in [-0.2, 0) is 0 Å². The zero-order valence-corrected chi connectivity index (χ0v) is 9.09. The molecule has 0 N–H and O–H groups in total. The Morgan fingerprint density at radius 2 is 1.71 bits per heavy atom. The largest absolute Gasteiger partial charge is 0.573 e. The van der Waals surface area contributed by atoms with Gasteiger partial charge in [-0.1, -0.05) is 0 Å². The molecule has 0 amide bonds. The number of alkyl halides is 3. The lowest BCUT2D eigenvalue weighted by Crippen LogP contribution is -2.16. The van der Waals surface area contributed by atoms with Gasteiger partial charge < -0.3 is 9.47 Å². The molecular formula is C10H6F3NO2S. The lowest BCUT2D eigenvalue weighted by molar-refractivity contribution is -0.274. The molecule has 1 aromatic carbocycles. The molecule has 0 bridgehead atoms. The Hall–Kier alpha value is -1.76. The monoisotopic (exact) mass is 261 g/mol. The summed E-state index contributed by atoms with van der Waals surface area (Å²) in [6.45, 7) is 0. The first-order chi connectivity index (χ1) is 8.03. The van der Waals surface area contributed by atoms with E-state index in [4.69, 9.17) is 4.74 Å². The first kappa shape index (κ1) is 11.7. The molecule has 90 valence electrons. The lowest BCUT2D eigenvalue weighted by Gasteiger charge is -2.09. The zero-order valence-electron chi connectivity index (χ0n) is 8.27. The SMILES string of the molecule is FC(F)(F)Oc1ccc(Oc2cscn2)cc1. The van der Waals surface area contributed by atoms with E-state index < -0.39 is 6.36 Å². The van der Waals surface area contributed by atoms with E-state index in [9.17, 15) is 13.2 Å². The smallest absolute Gasteiger partial charge is 0.438 e. The topological polar surface area (TPSA) is 31.4 Å². The fraction of sp³-hybridized carbons (Fsp3) is 0.100. The van der Waals surface area contributed by atoms with Crippen LogP contribution in [0.3, 0.4) is 0 Å². The van der Waals surface area contributed by atoms with Gasteiger partial charge >= 0.3 is 6.36 Å². The number of benzene rings is 1. The van der Waals surface area contributed by atoms with Gasteiger partial charge in [-0.25, -0.2) is 4.98 Å². The van der Waals surface area contributed by atoms with Crippen LogP contribution in [0.15, 0.2) is 35.2 Å². The summed E-state index contributed by atoms with van der Waals surface area (Å²) in [6, 6.07) is 5.10. The van der Waals surface area contributed by atoms with Crippen LogP contribution in [0.4, 0.5) is 13.2 Å². The molecule has 0 atom stereocenters. The number of hydrogen-bond donors (Lipinski definition) is 0. The Kier molecular flexibility index (Phi) is 3.19. The molecule has 3 nitrogen and oxygen atoms in total. The first-order valence-corrected chi connectivity index (χ1v) is 5.39. The van der Waals surface area contributed by atoms with Crippen molar-refractivity contribution >= 4 is 11.3 Å². The van der Waals surface area contributed by atoms with Crippen molar-refractivity contribution in [3.63, 3.8) is 0 Å². The predicted octanol–water partition coefficient (Wildman–Crippen LogP) is 3.83. The lowest BCUT2D eigenvalue weighted by atomic mass is 10.3. The first-order valence-electron chi connectivity index (χ1n) is 4.45. The number of halogens is 3. The third-order valence-electron chi connectivity index (χ3n) is 1.69. The van der Waals surface area contributed by atoms with Gasteiger partial charge in [-0.05, 0) is 24.3 Å². The number of ether oxygens (including phenoxy) is 2. The maximum absolute atomic E-state index is 11.9. The predicted molar refractivity (Wildman–Crippen MR) is 55.3 cm³/mol. The third kappa shape index (κ3) is 3.63. The van der Waals surface area contributed by atoms with Gasteiger partial charge in [-0.2, -0.15) is 0 Å². The molecular weight excluding hydrogens is 255 g/mol. The quantitative estimate of drug-likeness (QED) is 0.841. The number of aromatic nitrogens is 1. The number of hydrogen-bond acceptors (Lipinski definition) is 4. The highest BCUT2D eigenvalue weighted by molar-refractivity contribution is 7.07. The van der Waals surface area contributed by atoms with E-state index in [1.165, 1.54) is 35.6 Å². The Labute approximate surface area is 98.4 Å². The highest BCUT2D eigenvalue weighted by atomic mass is 32.1. The number of nitrogens with zero attached hydrogens (tertiary/aromatic N) is 1. The maximum Gasteiger partial charge on any atom is 0.573 e. The normalized spacial score (nSPS) is 11.2. The Morgan fingerprint density at radius 3 is 2.24 bits per heavy atom. The van der Waals surface area contributed by atoms with Gasteiger partial charge in [0.1, 0.15) is 11.5 Å². The van der Waals surface area contributed by atoms with Crippen LogP contribution in [0.2, 0.25) is 0 Å². The van der Waals surface area contributed by atoms with Gasteiger partial charge in [0.15, 0.2) is 0 Å². The third-order valence-corrected chi connectivity index (χ3v) is 2.25. The zero-order chi connectivity index (χ0) is 12.3. The summed E-state index contributed by atoms with van der Waals surface area (Å²) in [5, 5.41) is 1.68. The molecule has 1 heterocycles. The van der Waals surface area contributed by atoms with Crippen molar-refractivity contribution in [1.29, 1.82) is 0 Å². The van der Waals surface area contributed by atoms with E-state index in [1.54, 1.807) is 10.9 Å². The second kappa shape index (κ2) is 4.62. The summed E-state index contributed by atoms with van der Waals surface area (Å²) in [6.07, 6.45) is -4.68. The molecule has 0 aliphatic rings. The van der Waals surface area contributed by atoms with E-state index in [2.05, 4.69) is 9.72 Å². The molecule has 0 saturated heterocycles. The molecule has 2 aromatic rings. The minimum absolute atomic E-state index is 0.289. The molecule has 1 aromatic heterocycles. The molecule has 0 unspecified atom stereocenters. The molecule has 0 fully saturated rings.